The second-order valence-corrected chi connectivity index (χ2v) is 12.1. The minimum absolute atomic E-state index is 0.566. The van der Waals surface area contributed by atoms with E-state index in [0.717, 1.165) is 19.0 Å². The SMILES string of the molecule is CN(Cc1ccc([Si](C)(C)C)cc1)C(CN)C1CC1. The predicted octanol–water partition coefficient (Wildman–Crippen LogP) is 2.40. The van der Waals surface area contributed by atoms with E-state index in [1.54, 1.807) is 0 Å². The van der Waals surface area contributed by atoms with Gasteiger partial charge in [0, 0.05) is 19.1 Å². The van der Waals surface area contributed by atoms with Crippen LogP contribution in [-0.4, -0.2) is 32.6 Å². The van der Waals surface area contributed by atoms with Crippen molar-refractivity contribution >= 4 is 13.3 Å². The highest BCUT2D eigenvalue weighted by Crippen LogP contribution is 2.34. The van der Waals surface area contributed by atoms with Gasteiger partial charge in [-0.2, -0.15) is 0 Å². The van der Waals surface area contributed by atoms with E-state index in [4.69, 9.17) is 5.73 Å². The summed E-state index contributed by atoms with van der Waals surface area (Å²) >= 11 is 0. The van der Waals surface area contributed by atoms with E-state index in [9.17, 15) is 0 Å². The summed E-state index contributed by atoms with van der Waals surface area (Å²) in [6.07, 6.45) is 2.72. The lowest BCUT2D eigenvalue weighted by molar-refractivity contribution is 0.215. The molecule has 0 heterocycles. The Morgan fingerprint density at radius 3 is 2.21 bits per heavy atom. The Labute approximate surface area is 119 Å². The van der Waals surface area contributed by atoms with Gasteiger partial charge in [0.15, 0.2) is 0 Å². The third-order valence-corrected chi connectivity index (χ3v) is 6.29. The largest absolute Gasteiger partial charge is 0.329 e. The Balaban J connectivity index is 1.99. The summed E-state index contributed by atoms with van der Waals surface area (Å²) in [5, 5.41) is 1.54. The fourth-order valence-electron chi connectivity index (χ4n) is 2.73. The molecule has 1 fully saturated rings. The normalized spacial score (nSPS) is 17.8. The minimum Gasteiger partial charge on any atom is -0.329 e. The second kappa shape index (κ2) is 5.78. The Morgan fingerprint density at radius 1 is 1.21 bits per heavy atom. The van der Waals surface area contributed by atoms with Gasteiger partial charge < -0.3 is 5.73 Å². The van der Waals surface area contributed by atoms with Crippen LogP contribution >= 0.6 is 0 Å². The average Bonchev–Trinajstić information content (AvgIpc) is 3.14. The molecule has 0 aromatic heterocycles. The quantitative estimate of drug-likeness (QED) is 0.809. The Kier molecular flexibility index (Phi) is 4.49. The molecule has 3 heteroatoms. The molecule has 1 aromatic carbocycles. The first kappa shape index (κ1) is 14.8. The molecule has 0 spiro atoms. The third kappa shape index (κ3) is 3.91. The number of rotatable bonds is 6. The van der Waals surface area contributed by atoms with Crippen LogP contribution in [0.25, 0.3) is 0 Å². The van der Waals surface area contributed by atoms with Crippen molar-refractivity contribution in [3.63, 3.8) is 0 Å². The van der Waals surface area contributed by atoms with Gasteiger partial charge in [-0.3, -0.25) is 4.90 Å². The maximum absolute atomic E-state index is 5.91. The van der Waals surface area contributed by atoms with Crippen LogP contribution in [0.3, 0.4) is 0 Å². The molecule has 19 heavy (non-hydrogen) atoms. The summed E-state index contributed by atoms with van der Waals surface area (Å²) in [7, 11) is 1.04. The third-order valence-electron chi connectivity index (χ3n) is 4.23. The zero-order chi connectivity index (χ0) is 14.0. The van der Waals surface area contributed by atoms with E-state index in [0.29, 0.717) is 6.04 Å². The zero-order valence-electron chi connectivity index (χ0n) is 12.8. The minimum atomic E-state index is -1.17. The first-order valence-corrected chi connectivity index (χ1v) is 10.9. The summed E-state index contributed by atoms with van der Waals surface area (Å²) in [6, 6.07) is 9.81. The number of hydrogen-bond donors (Lipinski definition) is 1. The molecule has 1 saturated carbocycles. The van der Waals surface area contributed by atoms with Gasteiger partial charge in [-0.1, -0.05) is 49.1 Å². The monoisotopic (exact) mass is 276 g/mol. The number of benzene rings is 1. The molecule has 1 aromatic rings. The molecule has 1 aliphatic rings. The van der Waals surface area contributed by atoms with Gasteiger partial charge in [0.25, 0.3) is 0 Å². The summed E-state index contributed by atoms with van der Waals surface area (Å²) in [5.41, 5.74) is 7.32. The zero-order valence-corrected chi connectivity index (χ0v) is 13.8. The molecule has 0 saturated heterocycles. The van der Waals surface area contributed by atoms with Crippen LogP contribution in [0.4, 0.5) is 0 Å². The molecule has 2 N–H and O–H groups in total. The first-order chi connectivity index (χ1) is 8.91. The van der Waals surface area contributed by atoms with Crippen molar-refractivity contribution in [2.24, 2.45) is 11.7 Å². The topological polar surface area (TPSA) is 29.3 Å². The number of nitrogens with zero attached hydrogens (tertiary/aromatic N) is 1. The molecular formula is C16H28N2Si. The first-order valence-electron chi connectivity index (χ1n) is 7.41. The number of likely N-dealkylation sites (N-methyl/N-ethyl adjacent to an activating group) is 1. The van der Waals surface area contributed by atoms with Crippen LogP contribution in [0, 0.1) is 5.92 Å². The molecule has 2 rings (SSSR count). The average molecular weight is 277 g/mol. The molecular weight excluding hydrogens is 248 g/mol. The van der Waals surface area contributed by atoms with Gasteiger partial charge in [-0.05, 0) is 31.4 Å². The van der Waals surface area contributed by atoms with E-state index in [-0.39, 0.29) is 0 Å². The molecule has 2 nitrogen and oxygen atoms in total. The molecule has 0 aliphatic heterocycles. The van der Waals surface area contributed by atoms with E-state index >= 15 is 0 Å². The molecule has 0 radical (unpaired) electrons. The van der Waals surface area contributed by atoms with E-state index in [1.807, 2.05) is 0 Å². The van der Waals surface area contributed by atoms with Gasteiger partial charge in [-0.25, -0.2) is 0 Å². The van der Waals surface area contributed by atoms with Crippen LogP contribution in [0.15, 0.2) is 24.3 Å². The maximum atomic E-state index is 5.91. The van der Waals surface area contributed by atoms with Crippen molar-refractivity contribution < 1.29 is 0 Å². The summed E-state index contributed by atoms with van der Waals surface area (Å²) in [4.78, 5) is 2.43. The van der Waals surface area contributed by atoms with Crippen LogP contribution in [0.1, 0.15) is 18.4 Å². The molecule has 0 amide bonds. The van der Waals surface area contributed by atoms with Gasteiger partial charge in [0.2, 0.25) is 0 Å². The summed E-state index contributed by atoms with van der Waals surface area (Å²) in [6.45, 7) is 8.99. The van der Waals surface area contributed by atoms with Crippen LogP contribution in [0.5, 0.6) is 0 Å². The molecule has 1 aliphatic carbocycles. The predicted molar refractivity (Wildman–Crippen MR) is 86.5 cm³/mol. The van der Waals surface area contributed by atoms with Crippen LogP contribution in [-0.2, 0) is 6.54 Å². The molecule has 1 atom stereocenters. The fourth-order valence-corrected chi connectivity index (χ4v) is 3.90. The molecule has 1 unspecified atom stereocenters. The molecule has 0 bridgehead atoms. The molecule has 106 valence electrons. The van der Waals surface area contributed by atoms with Crippen molar-refractivity contribution in [3.8, 4) is 0 Å². The van der Waals surface area contributed by atoms with Crippen LogP contribution < -0.4 is 10.9 Å². The van der Waals surface area contributed by atoms with Crippen molar-refractivity contribution in [2.45, 2.75) is 45.1 Å². The van der Waals surface area contributed by atoms with E-state index in [1.165, 1.54) is 23.6 Å². The van der Waals surface area contributed by atoms with Crippen molar-refractivity contribution in [1.82, 2.24) is 4.90 Å². The standard InChI is InChI=1S/C16H28N2Si/c1-18(16(11-17)14-7-8-14)12-13-5-9-15(10-6-13)19(2,3)4/h5-6,9-10,14,16H,7-8,11-12,17H2,1-4H3. The van der Waals surface area contributed by atoms with Crippen molar-refractivity contribution in [2.75, 3.05) is 13.6 Å². The highest BCUT2D eigenvalue weighted by molar-refractivity contribution is 6.88. The Morgan fingerprint density at radius 2 is 1.79 bits per heavy atom. The van der Waals surface area contributed by atoms with Crippen LogP contribution in [0.2, 0.25) is 19.6 Å². The number of nitrogens with two attached hydrogens (primary N) is 1. The fraction of sp³-hybridized carbons (Fsp3) is 0.625. The van der Waals surface area contributed by atoms with Crippen molar-refractivity contribution in [1.29, 1.82) is 0 Å². The maximum Gasteiger partial charge on any atom is 0.0775 e. The summed E-state index contributed by atoms with van der Waals surface area (Å²) < 4.78 is 0. The van der Waals surface area contributed by atoms with Gasteiger partial charge in [-0.15, -0.1) is 0 Å². The Hall–Kier alpha value is -0.643. The lowest BCUT2D eigenvalue weighted by Gasteiger charge is -2.27. The lowest BCUT2D eigenvalue weighted by atomic mass is 10.1. The lowest BCUT2D eigenvalue weighted by Crippen LogP contribution is -2.39. The highest BCUT2D eigenvalue weighted by Gasteiger charge is 2.32. The second-order valence-electron chi connectivity index (χ2n) is 7.00. The number of hydrogen-bond acceptors (Lipinski definition) is 2. The highest BCUT2D eigenvalue weighted by atomic mass is 28.3. The van der Waals surface area contributed by atoms with Gasteiger partial charge in [0.1, 0.15) is 0 Å². The smallest absolute Gasteiger partial charge is 0.0775 e. The van der Waals surface area contributed by atoms with E-state index in [2.05, 4.69) is 55.9 Å². The Bertz CT molecular complexity index is 404. The van der Waals surface area contributed by atoms with Gasteiger partial charge >= 0.3 is 0 Å². The summed E-state index contributed by atoms with van der Waals surface area (Å²) in [5.74, 6) is 0.844. The van der Waals surface area contributed by atoms with Crippen molar-refractivity contribution in [3.05, 3.63) is 29.8 Å². The van der Waals surface area contributed by atoms with E-state index < -0.39 is 8.07 Å². The van der Waals surface area contributed by atoms with Gasteiger partial charge in [0.05, 0.1) is 8.07 Å².